The molecule has 0 amide bonds. The minimum absolute atomic E-state index is 0.237. The molecule has 1 aliphatic carbocycles. The topological polar surface area (TPSA) is 12.0 Å². The highest BCUT2D eigenvalue weighted by Gasteiger charge is 2.19. The third-order valence-corrected chi connectivity index (χ3v) is 4.36. The zero-order chi connectivity index (χ0) is 13.0. The summed E-state index contributed by atoms with van der Waals surface area (Å²) >= 11 is 12.0. The maximum absolute atomic E-state index is 13.5. The van der Waals surface area contributed by atoms with Gasteiger partial charge in [0, 0.05) is 22.5 Å². The van der Waals surface area contributed by atoms with Gasteiger partial charge in [-0.25, -0.2) is 4.39 Å². The first-order valence-corrected chi connectivity index (χ1v) is 7.26. The molecule has 0 unspecified atom stereocenters. The highest BCUT2D eigenvalue weighted by molar-refractivity contribution is 6.31. The highest BCUT2D eigenvalue weighted by atomic mass is 35.5. The van der Waals surface area contributed by atoms with Gasteiger partial charge in [-0.2, -0.15) is 0 Å². The molecule has 1 saturated carbocycles. The second kappa shape index (κ2) is 6.74. The number of benzene rings is 1. The Balaban J connectivity index is 1.78. The number of alkyl halides is 1. The van der Waals surface area contributed by atoms with E-state index in [1.54, 1.807) is 12.1 Å². The van der Waals surface area contributed by atoms with Crippen LogP contribution in [0.1, 0.15) is 31.2 Å². The lowest BCUT2D eigenvalue weighted by molar-refractivity contribution is 0.345. The fraction of sp³-hybridized carbons (Fsp3) is 0.571. The number of hydrogen-bond acceptors (Lipinski definition) is 1. The summed E-state index contributed by atoms with van der Waals surface area (Å²) in [4.78, 5) is 0. The minimum Gasteiger partial charge on any atom is -0.312 e. The molecule has 0 atom stereocenters. The minimum atomic E-state index is -0.237. The molecule has 0 aliphatic heterocycles. The van der Waals surface area contributed by atoms with Crippen LogP contribution in [0.5, 0.6) is 0 Å². The molecule has 0 radical (unpaired) electrons. The smallest absolute Gasteiger partial charge is 0.129 e. The van der Waals surface area contributed by atoms with Crippen molar-refractivity contribution in [1.82, 2.24) is 5.32 Å². The Bertz CT molecular complexity index is 369. The second-order valence-corrected chi connectivity index (χ2v) is 5.97. The third-order valence-electron chi connectivity index (χ3n) is 3.57. The average Bonchev–Trinajstić information content (AvgIpc) is 2.35. The normalized spacial score (nSPS) is 24.2. The Morgan fingerprint density at radius 3 is 2.61 bits per heavy atom. The van der Waals surface area contributed by atoms with Crippen LogP contribution in [0.2, 0.25) is 5.02 Å². The van der Waals surface area contributed by atoms with E-state index < -0.39 is 0 Å². The molecular weight excluding hydrogens is 272 g/mol. The van der Waals surface area contributed by atoms with Crippen LogP contribution in [0.3, 0.4) is 0 Å². The summed E-state index contributed by atoms with van der Waals surface area (Å²) in [6, 6.07) is 4.80. The standard InChI is InChI=1S/C14H18Cl2FN/c15-11-6-4-10(5-7-11)8-18-9-12-13(16)2-1-3-14(12)17/h1-3,10-11,18H,4-9H2. The Hall–Kier alpha value is -0.310. The molecule has 1 aliphatic rings. The van der Waals surface area contributed by atoms with E-state index in [0.717, 1.165) is 32.2 Å². The molecule has 4 heteroatoms. The second-order valence-electron chi connectivity index (χ2n) is 4.95. The zero-order valence-electron chi connectivity index (χ0n) is 10.3. The molecular formula is C14H18Cl2FN. The fourth-order valence-corrected chi connectivity index (χ4v) is 2.91. The lowest BCUT2D eigenvalue weighted by Gasteiger charge is -2.25. The first kappa shape index (κ1) is 14.1. The fourth-order valence-electron chi connectivity index (χ4n) is 2.43. The Labute approximate surface area is 118 Å². The molecule has 2 rings (SSSR count). The molecule has 1 fully saturated rings. The molecule has 0 spiro atoms. The third kappa shape index (κ3) is 3.84. The van der Waals surface area contributed by atoms with Gasteiger partial charge in [0.1, 0.15) is 5.82 Å². The van der Waals surface area contributed by atoms with Crippen molar-refractivity contribution < 1.29 is 4.39 Å². The molecule has 0 saturated heterocycles. The highest BCUT2D eigenvalue weighted by Crippen LogP contribution is 2.27. The van der Waals surface area contributed by atoms with Crippen molar-refractivity contribution >= 4 is 23.2 Å². The summed E-state index contributed by atoms with van der Waals surface area (Å²) in [7, 11) is 0. The van der Waals surface area contributed by atoms with E-state index in [-0.39, 0.29) is 5.82 Å². The molecule has 18 heavy (non-hydrogen) atoms. The summed E-state index contributed by atoms with van der Waals surface area (Å²) in [5, 5.41) is 4.14. The number of rotatable bonds is 4. The molecule has 1 aromatic carbocycles. The quantitative estimate of drug-likeness (QED) is 0.812. The van der Waals surface area contributed by atoms with Gasteiger partial charge in [0.2, 0.25) is 0 Å². The van der Waals surface area contributed by atoms with E-state index in [4.69, 9.17) is 23.2 Å². The van der Waals surface area contributed by atoms with Crippen LogP contribution in [0, 0.1) is 11.7 Å². The molecule has 1 aromatic rings. The van der Waals surface area contributed by atoms with Crippen molar-refractivity contribution in [3.63, 3.8) is 0 Å². The largest absolute Gasteiger partial charge is 0.312 e. The first-order valence-electron chi connectivity index (χ1n) is 6.44. The Morgan fingerprint density at radius 2 is 1.94 bits per heavy atom. The van der Waals surface area contributed by atoms with E-state index in [1.807, 2.05) is 0 Å². The van der Waals surface area contributed by atoms with E-state index in [2.05, 4.69) is 5.32 Å². The van der Waals surface area contributed by atoms with Gasteiger partial charge in [0.25, 0.3) is 0 Å². The maximum Gasteiger partial charge on any atom is 0.129 e. The van der Waals surface area contributed by atoms with E-state index in [1.165, 1.54) is 6.07 Å². The van der Waals surface area contributed by atoms with Crippen molar-refractivity contribution in [2.75, 3.05) is 6.54 Å². The van der Waals surface area contributed by atoms with E-state index >= 15 is 0 Å². The molecule has 1 N–H and O–H groups in total. The lowest BCUT2D eigenvalue weighted by Crippen LogP contribution is -2.26. The van der Waals surface area contributed by atoms with Gasteiger partial charge in [-0.1, -0.05) is 17.7 Å². The van der Waals surface area contributed by atoms with Gasteiger partial charge < -0.3 is 5.32 Å². The Morgan fingerprint density at radius 1 is 1.22 bits per heavy atom. The van der Waals surface area contributed by atoms with Crippen molar-refractivity contribution in [3.8, 4) is 0 Å². The van der Waals surface area contributed by atoms with Crippen molar-refractivity contribution in [3.05, 3.63) is 34.6 Å². The Kier molecular flexibility index (Phi) is 5.28. The molecule has 1 nitrogen and oxygen atoms in total. The van der Waals surface area contributed by atoms with Crippen LogP contribution in [-0.4, -0.2) is 11.9 Å². The summed E-state index contributed by atoms with van der Waals surface area (Å²) < 4.78 is 13.5. The van der Waals surface area contributed by atoms with Gasteiger partial charge >= 0.3 is 0 Å². The monoisotopic (exact) mass is 289 g/mol. The van der Waals surface area contributed by atoms with Crippen LogP contribution >= 0.6 is 23.2 Å². The molecule has 0 bridgehead atoms. The van der Waals surface area contributed by atoms with Gasteiger partial charge in [-0.05, 0) is 50.3 Å². The van der Waals surface area contributed by atoms with Gasteiger partial charge in [0.05, 0.1) is 0 Å². The van der Waals surface area contributed by atoms with Crippen molar-refractivity contribution in [2.24, 2.45) is 5.92 Å². The van der Waals surface area contributed by atoms with Crippen molar-refractivity contribution in [1.29, 1.82) is 0 Å². The van der Waals surface area contributed by atoms with Crippen LogP contribution in [0.4, 0.5) is 4.39 Å². The average molecular weight is 290 g/mol. The number of halogens is 3. The summed E-state index contributed by atoms with van der Waals surface area (Å²) in [5.41, 5.74) is 0.560. The zero-order valence-corrected chi connectivity index (χ0v) is 11.8. The van der Waals surface area contributed by atoms with Crippen LogP contribution < -0.4 is 5.32 Å². The molecule has 0 heterocycles. The van der Waals surface area contributed by atoms with Crippen molar-refractivity contribution in [2.45, 2.75) is 37.6 Å². The van der Waals surface area contributed by atoms with E-state index in [9.17, 15) is 4.39 Å². The predicted molar refractivity (Wildman–Crippen MR) is 74.7 cm³/mol. The summed E-state index contributed by atoms with van der Waals surface area (Å²) in [6.07, 6.45) is 4.50. The van der Waals surface area contributed by atoms with Crippen LogP contribution in [0.15, 0.2) is 18.2 Å². The van der Waals surface area contributed by atoms with Crippen LogP contribution in [-0.2, 0) is 6.54 Å². The van der Waals surface area contributed by atoms with Crippen LogP contribution in [0.25, 0.3) is 0 Å². The number of hydrogen-bond donors (Lipinski definition) is 1. The van der Waals surface area contributed by atoms with Gasteiger partial charge in [-0.15, -0.1) is 11.6 Å². The van der Waals surface area contributed by atoms with E-state index in [0.29, 0.717) is 28.4 Å². The molecule has 0 aromatic heterocycles. The maximum atomic E-state index is 13.5. The summed E-state index contributed by atoms with van der Waals surface area (Å²) in [5.74, 6) is 0.421. The van der Waals surface area contributed by atoms with Gasteiger partial charge in [0.15, 0.2) is 0 Å². The summed E-state index contributed by atoms with van der Waals surface area (Å²) in [6.45, 7) is 1.40. The first-order chi connectivity index (χ1) is 8.66. The predicted octanol–water partition coefficient (Wildman–Crippen LogP) is 4.37. The lowest BCUT2D eigenvalue weighted by atomic mass is 9.89. The SMILES string of the molecule is Fc1cccc(Cl)c1CNCC1CCC(Cl)CC1. The number of nitrogens with one attached hydrogen (secondary N) is 1. The van der Waals surface area contributed by atoms with Gasteiger partial charge in [-0.3, -0.25) is 0 Å². The molecule has 100 valence electrons.